The van der Waals surface area contributed by atoms with Crippen molar-refractivity contribution in [2.45, 2.75) is 87.1 Å². The minimum Gasteiger partial charge on any atom is -0.461 e. The molecular weight excluding hydrogens is 620 g/mol. The number of rotatable bonds is 9. The van der Waals surface area contributed by atoms with E-state index in [0.29, 0.717) is 25.9 Å². The molecule has 1 aromatic carbocycles. The zero-order chi connectivity index (χ0) is 34.0. The number of piperidine rings is 1. The molecule has 8 rings (SSSR count). The zero-order valence-electron chi connectivity index (χ0n) is 28.4. The molecule has 7 fully saturated rings. The molecule has 2 N–H and O–H groups in total. The summed E-state index contributed by atoms with van der Waals surface area (Å²) in [6.45, 7) is 3.24. The topological polar surface area (TPSA) is 144 Å². The first kappa shape index (κ1) is 32.7. The molecule has 5 saturated carbocycles. The van der Waals surface area contributed by atoms with Crippen LogP contribution in [0.3, 0.4) is 0 Å². The Labute approximate surface area is 280 Å². The Kier molecular flexibility index (Phi) is 7.52. The Balaban J connectivity index is 1.24. The minimum absolute atomic E-state index is 0.0394. The van der Waals surface area contributed by atoms with Crippen LogP contribution in [0.15, 0.2) is 24.3 Å². The summed E-state index contributed by atoms with van der Waals surface area (Å²) in [5.41, 5.74) is -4.15. The smallest absolute Gasteiger partial charge is 0.340 e. The SMILES string of the molecule is CCN1C[C@]2(COC(=O)c3ccccc3N3C(=O)CCC3=O)CCC(OC)[C@@]34C2C(OC)[C@@](O)(C13)[C@@]1(O)C[C@H](OC)[C@H]2C[C@@H]4C1C2OC. The number of nitrogens with zero attached hydrogens (tertiary/aromatic N) is 2. The molecule has 2 saturated heterocycles. The van der Waals surface area contributed by atoms with E-state index in [1.807, 2.05) is 0 Å². The number of fused-ring (bicyclic) bond motifs is 2. The number of aliphatic hydroxyl groups is 2. The fraction of sp³-hybridized carbons (Fsp3) is 0.750. The van der Waals surface area contributed by atoms with Gasteiger partial charge in [-0.25, -0.2) is 9.69 Å². The van der Waals surface area contributed by atoms with Gasteiger partial charge in [0, 0.05) is 82.8 Å². The fourth-order valence-corrected chi connectivity index (χ4v) is 13.0. The quantitative estimate of drug-likeness (QED) is 0.294. The van der Waals surface area contributed by atoms with Crippen molar-refractivity contribution in [1.82, 2.24) is 4.90 Å². The van der Waals surface area contributed by atoms with Gasteiger partial charge in [-0.05, 0) is 43.9 Å². The number of hydrogen-bond acceptors (Lipinski definition) is 11. The van der Waals surface area contributed by atoms with Gasteiger partial charge in [-0.15, -0.1) is 0 Å². The van der Waals surface area contributed by atoms with E-state index in [2.05, 4.69) is 11.8 Å². The first-order valence-electron chi connectivity index (χ1n) is 17.5. The van der Waals surface area contributed by atoms with Crippen LogP contribution in [0.4, 0.5) is 5.69 Å². The van der Waals surface area contributed by atoms with Crippen molar-refractivity contribution < 1.29 is 48.3 Å². The van der Waals surface area contributed by atoms with Gasteiger partial charge in [0.2, 0.25) is 11.8 Å². The summed E-state index contributed by atoms with van der Waals surface area (Å²) >= 11 is 0. The molecule has 12 nitrogen and oxygen atoms in total. The van der Waals surface area contributed by atoms with Crippen LogP contribution in [-0.4, -0.2) is 123 Å². The highest BCUT2D eigenvalue weighted by atomic mass is 16.5. The summed E-state index contributed by atoms with van der Waals surface area (Å²) in [6.07, 6.45) is 0.951. The number of hydrogen-bond donors (Lipinski definition) is 2. The van der Waals surface area contributed by atoms with Gasteiger partial charge in [0.15, 0.2) is 0 Å². The third-order valence-electron chi connectivity index (χ3n) is 14.2. The van der Waals surface area contributed by atoms with Gasteiger partial charge >= 0.3 is 5.97 Å². The van der Waals surface area contributed by atoms with Crippen LogP contribution in [0.1, 0.15) is 55.8 Å². The number of ether oxygens (including phenoxy) is 5. The molecule has 1 spiro atoms. The monoisotopic (exact) mass is 668 g/mol. The van der Waals surface area contributed by atoms with Crippen LogP contribution in [-0.2, 0) is 33.3 Å². The first-order chi connectivity index (χ1) is 23.0. The van der Waals surface area contributed by atoms with E-state index < -0.39 is 40.1 Å². The van der Waals surface area contributed by atoms with Crippen molar-refractivity contribution in [3.05, 3.63) is 29.8 Å². The van der Waals surface area contributed by atoms with Gasteiger partial charge in [0.1, 0.15) is 11.2 Å². The highest BCUT2D eigenvalue weighted by Gasteiger charge is 2.91. The summed E-state index contributed by atoms with van der Waals surface area (Å²) in [4.78, 5) is 42.6. The molecule has 48 heavy (non-hydrogen) atoms. The fourth-order valence-electron chi connectivity index (χ4n) is 13.0. The Morgan fingerprint density at radius 2 is 1.73 bits per heavy atom. The van der Waals surface area contributed by atoms with Gasteiger partial charge in [0.05, 0.1) is 48.3 Å². The largest absolute Gasteiger partial charge is 0.461 e. The molecule has 1 aromatic rings. The molecule has 7 bridgehead atoms. The number of methoxy groups -OCH3 is 4. The van der Waals surface area contributed by atoms with Gasteiger partial charge in [-0.1, -0.05) is 19.1 Å². The maximum atomic E-state index is 14.0. The number of benzene rings is 1. The minimum atomic E-state index is -1.69. The Morgan fingerprint density at radius 3 is 2.38 bits per heavy atom. The molecule has 13 atom stereocenters. The van der Waals surface area contributed by atoms with Gasteiger partial charge in [-0.2, -0.15) is 0 Å². The Morgan fingerprint density at radius 1 is 1.00 bits per heavy atom. The second-order valence-corrected chi connectivity index (χ2v) is 15.4. The lowest BCUT2D eigenvalue weighted by molar-refractivity contribution is -0.320. The van der Waals surface area contributed by atoms with Gasteiger partial charge < -0.3 is 33.9 Å². The number of para-hydroxylation sites is 1. The van der Waals surface area contributed by atoms with Crippen LogP contribution >= 0.6 is 0 Å². The molecule has 5 aliphatic carbocycles. The average Bonchev–Trinajstić information content (AvgIpc) is 3.66. The normalized spacial score (nSPS) is 47.1. The van der Waals surface area contributed by atoms with Crippen molar-refractivity contribution in [3.63, 3.8) is 0 Å². The second kappa shape index (κ2) is 11.0. The van der Waals surface area contributed by atoms with Crippen LogP contribution in [0.5, 0.6) is 0 Å². The lowest BCUT2D eigenvalue weighted by atomic mass is 9.42. The van der Waals surface area contributed by atoms with Crippen LogP contribution in [0.2, 0.25) is 0 Å². The molecule has 0 aromatic heterocycles. The number of esters is 1. The van der Waals surface area contributed by atoms with Crippen LogP contribution in [0.25, 0.3) is 0 Å². The lowest BCUT2D eigenvalue weighted by Crippen LogP contribution is -2.82. The zero-order valence-corrected chi connectivity index (χ0v) is 28.4. The first-order valence-corrected chi connectivity index (χ1v) is 17.5. The summed E-state index contributed by atoms with van der Waals surface area (Å²) in [5, 5.41) is 26.5. The van der Waals surface area contributed by atoms with Crippen LogP contribution in [0, 0.1) is 34.5 Å². The summed E-state index contributed by atoms with van der Waals surface area (Å²) in [6, 6.07) is 6.11. The summed E-state index contributed by atoms with van der Waals surface area (Å²) < 4.78 is 31.3. The highest BCUT2D eigenvalue weighted by molar-refractivity contribution is 6.21. The molecule has 12 heteroatoms. The predicted molar refractivity (Wildman–Crippen MR) is 170 cm³/mol. The molecule has 2 heterocycles. The average molecular weight is 669 g/mol. The van der Waals surface area contributed by atoms with Crippen LogP contribution < -0.4 is 4.90 Å². The Hall–Kier alpha value is -2.45. The van der Waals surface area contributed by atoms with E-state index in [1.54, 1.807) is 52.7 Å². The maximum Gasteiger partial charge on any atom is 0.340 e. The van der Waals surface area contributed by atoms with Crippen molar-refractivity contribution in [1.29, 1.82) is 0 Å². The molecule has 262 valence electrons. The van der Waals surface area contributed by atoms with Gasteiger partial charge in [-0.3, -0.25) is 14.5 Å². The standard InChI is InChI=1S/C36H48N2O10/c1-6-37-17-33(18-48-31(41)19-9-7-8-10-22(19)38-25(39)11-12-26(38)40)14-13-24(45-3)35-21-15-20-23(44-2)16-34(42,27(21)28(20)46-4)36(43,32(35)37)30(47-5)29(33)35/h7-10,20-21,23-24,27-30,32,42-43H,6,11-18H2,1-5H3/t20-,21-,23+,24?,27?,28?,29?,30?,32?,33+,34-,35+,36-/m1/s1. The highest BCUT2D eigenvalue weighted by Crippen LogP contribution is 2.80. The van der Waals surface area contributed by atoms with E-state index in [1.165, 1.54) is 0 Å². The third-order valence-corrected chi connectivity index (χ3v) is 14.2. The van der Waals surface area contributed by atoms with E-state index >= 15 is 0 Å². The van der Waals surface area contributed by atoms with E-state index in [0.717, 1.165) is 11.3 Å². The van der Waals surface area contributed by atoms with Crippen molar-refractivity contribution >= 4 is 23.5 Å². The molecule has 2 amide bonds. The molecule has 6 unspecified atom stereocenters. The molecule has 7 aliphatic rings. The van der Waals surface area contributed by atoms with E-state index in [-0.39, 0.29) is 90.9 Å². The van der Waals surface area contributed by atoms with Crippen molar-refractivity contribution in [2.24, 2.45) is 34.5 Å². The number of carbonyl (C=O) groups is 3. The maximum absolute atomic E-state index is 14.0. The number of amides is 2. The molecule has 2 aliphatic heterocycles. The number of imide groups is 1. The number of likely N-dealkylation sites (tertiary alicyclic amines) is 1. The number of anilines is 1. The van der Waals surface area contributed by atoms with E-state index in [4.69, 9.17) is 23.7 Å². The third kappa shape index (κ3) is 3.67. The number of carbonyl (C=O) groups excluding carboxylic acids is 3. The molecule has 0 radical (unpaired) electrons. The van der Waals surface area contributed by atoms with E-state index in [9.17, 15) is 24.6 Å². The lowest BCUT2D eigenvalue weighted by Gasteiger charge is -2.70. The Bertz CT molecular complexity index is 1510. The van der Waals surface area contributed by atoms with Gasteiger partial charge in [0.25, 0.3) is 0 Å². The van der Waals surface area contributed by atoms with Crippen molar-refractivity contribution in [2.75, 3.05) is 53.0 Å². The van der Waals surface area contributed by atoms with Crippen molar-refractivity contribution in [3.8, 4) is 0 Å². The molecular formula is C36H48N2O10. The second-order valence-electron chi connectivity index (χ2n) is 15.4. The summed E-state index contributed by atoms with van der Waals surface area (Å²) in [5.74, 6) is -2.00. The number of likely N-dealkylation sites (N-methyl/N-ethyl adjacent to an activating group) is 1. The predicted octanol–water partition coefficient (Wildman–Crippen LogP) is 1.79. The summed E-state index contributed by atoms with van der Waals surface area (Å²) in [7, 11) is 6.70.